The maximum absolute atomic E-state index is 14.6. The summed E-state index contributed by atoms with van der Waals surface area (Å²) in [7, 11) is 0. The normalized spacial score (nSPS) is 17.2. The van der Waals surface area contributed by atoms with Crippen molar-refractivity contribution >= 4 is 28.5 Å². The molecule has 0 amide bonds. The number of aliphatic carboxylic acids is 1. The first kappa shape index (κ1) is 21.7. The minimum atomic E-state index is -1.28. The van der Waals surface area contributed by atoms with Gasteiger partial charge in [-0.15, -0.1) is 0 Å². The van der Waals surface area contributed by atoms with Crippen LogP contribution in [0.15, 0.2) is 23.1 Å². The molecule has 1 aliphatic heterocycles. The summed E-state index contributed by atoms with van der Waals surface area (Å²) in [5.74, 6) is -2.94. The summed E-state index contributed by atoms with van der Waals surface area (Å²) in [4.78, 5) is 35.2. The third-order valence-electron chi connectivity index (χ3n) is 5.09. The van der Waals surface area contributed by atoms with Gasteiger partial charge in [-0.3, -0.25) is 4.79 Å². The number of fused-ring (bicyclic) bond motifs is 1. The number of rotatable bonds is 4. The number of hydrogen-bond acceptors (Lipinski definition) is 6. The van der Waals surface area contributed by atoms with E-state index in [-0.39, 0.29) is 17.0 Å². The molecule has 1 saturated heterocycles. The van der Waals surface area contributed by atoms with Crippen LogP contribution in [0.3, 0.4) is 0 Å². The lowest BCUT2D eigenvalue weighted by Gasteiger charge is -2.30. The number of benzene rings is 1. The minimum absolute atomic E-state index is 0.137. The maximum Gasteiger partial charge on any atom is 0.341 e. The summed E-state index contributed by atoms with van der Waals surface area (Å²) in [6, 6.07) is 3.08. The highest BCUT2D eigenvalue weighted by atomic mass is 19.1. The molecule has 2 fully saturated rings. The van der Waals surface area contributed by atoms with Gasteiger partial charge in [0.2, 0.25) is 5.43 Å². The van der Waals surface area contributed by atoms with Crippen molar-refractivity contribution in [1.29, 1.82) is 0 Å². The highest BCUT2D eigenvalue weighted by Crippen LogP contribution is 2.38. The summed E-state index contributed by atoms with van der Waals surface area (Å²) in [5, 5.41) is 28.4. The summed E-state index contributed by atoms with van der Waals surface area (Å²) in [6.07, 6.45) is 2.06. The second-order valence-electron chi connectivity index (χ2n) is 7.39. The fraction of sp³-hybridized carbons (Fsp3) is 0.450. The number of carboxylic acids is 2. The Hall–Kier alpha value is -2.98. The molecule has 1 aromatic carbocycles. The Morgan fingerprint density at radius 3 is 2.30 bits per heavy atom. The van der Waals surface area contributed by atoms with E-state index in [1.807, 2.05) is 9.47 Å². The van der Waals surface area contributed by atoms with Crippen molar-refractivity contribution in [2.24, 2.45) is 0 Å². The molecule has 162 valence electrons. The molecular formula is C20H24FN3O6. The summed E-state index contributed by atoms with van der Waals surface area (Å²) < 4.78 is 16.4. The first-order valence-electron chi connectivity index (χ1n) is 9.69. The van der Waals surface area contributed by atoms with Crippen molar-refractivity contribution in [3.05, 3.63) is 39.9 Å². The minimum Gasteiger partial charge on any atom is -0.479 e. The third kappa shape index (κ3) is 4.60. The molecule has 9 nitrogen and oxygen atoms in total. The van der Waals surface area contributed by atoms with E-state index in [2.05, 4.69) is 5.32 Å². The van der Waals surface area contributed by atoms with Crippen LogP contribution in [0.2, 0.25) is 0 Å². The molecule has 0 bridgehead atoms. The number of aliphatic hydroxyl groups excluding tert-OH is 1. The Morgan fingerprint density at radius 2 is 1.80 bits per heavy atom. The number of aromatic carboxylic acids is 1. The van der Waals surface area contributed by atoms with Crippen molar-refractivity contribution in [3.63, 3.8) is 0 Å². The zero-order chi connectivity index (χ0) is 22.0. The predicted octanol–water partition coefficient (Wildman–Crippen LogP) is 1.04. The third-order valence-corrected chi connectivity index (χ3v) is 5.09. The maximum atomic E-state index is 14.6. The topological polar surface area (TPSA) is 132 Å². The Morgan fingerprint density at radius 1 is 1.20 bits per heavy atom. The van der Waals surface area contributed by atoms with E-state index >= 15 is 0 Å². The average molecular weight is 421 g/mol. The standard InChI is InChI=1S/C17H18FN3O3.C3H6O3/c18-13-7-11-14(8-15(13)20-5-3-19-4-6-20)21(10-1-2-10)9-12(16(11)22)17(23)24;1-2(4)3(5)6/h7-10,19H,1-6H2,(H,23,24);2,4H,1H3,(H,5,6). The van der Waals surface area contributed by atoms with E-state index in [0.29, 0.717) is 24.3 Å². The number of anilines is 1. The van der Waals surface area contributed by atoms with Crippen molar-refractivity contribution in [2.75, 3.05) is 31.1 Å². The van der Waals surface area contributed by atoms with E-state index in [1.54, 1.807) is 6.07 Å². The van der Waals surface area contributed by atoms with Crippen molar-refractivity contribution < 1.29 is 29.3 Å². The van der Waals surface area contributed by atoms with Gasteiger partial charge in [0.25, 0.3) is 0 Å². The Bertz CT molecular complexity index is 1030. The van der Waals surface area contributed by atoms with Gasteiger partial charge in [-0.2, -0.15) is 0 Å². The van der Waals surface area contributed by atoms with Crippen LogP contribution in [0.25, 0.3) is 10.9 Å². The van der Waals surface area contributed by atoms with Crippen molar-refractivity contribution in [2.45, 2.75) is 31.9 Å². The van der Waals surface area contributed by atoms with Crippen LogP contribution in [0.5, 0.6) is 0 Å². The fourth-order valence-electron chi connectivity index (χ4n) is 3.31. The van der Waals surface area contributed by atoms with Gasteiger partial charge in [0.15, 0.2) is 0 Å². The molecule has 30 heavy (non-hydrogen) atoms. The molecule has 4 N–H and O–H groups in total. The number of nitrogens with zero attached hydrogens (tertiary/aromatic N) is 2. The monoisotopic (exact) mass is 421 g/mol. The highest BCUT2D eigenvalue weighted by molar-refractivity contribution is 5.93. The van der Waals surface area contributed by atoms with Crippen LogP contribution in [-0.4, -0.2) is 64.1 Å². The lowest BCUT2D eigenvalue weighted by Crippen LogP contribution is -2.43. The van der Waals surface area contributed by atoms with Gasteiger partial charge in [-0.25, -0.2) is 14.0 Å². The molecule has 2 aliphatic rings. The van der Waals surface area contributed by atoms with Gasteiger partial charge in [0.1, 0.15) is 17.5 Å². The number of carboxylic acid groups (broad SMARTS) is 2. The molecule has 1 aromatic heterocycles. The Labute approximate surface area is 171 Å². The number of hydrogen-bond donors (Lipinski definition) is 4. The van der Waals surface area contributed by atoms with Crippen LogP contribution in [-0.2, 0) is 4.79 Å². The summed E-state index contributed by atoms with van der Waals surface area (Å²) in [5.41, 5.74) is 0.159. The summed E-state index contributed by atoms with van der Waals surface area (Å²) in [6.45, 7) is 4.16. The molecule has 0 radical (unpaired) electrons. The number of piperazine rings is 1. The number of nitrogens with one attached hydrogen (secondary N) is 1. The lowest BCUT2D eigenvalue weighted by molar-refractivity contribution is -0.145. The van der Waals surface area contributed by atoms with Gasteiger partial charge in [0.05, 0.1) is 11.2 Å². The smallest absolute Gasteiger partial charge is 0.341 e. The Balaban J connectivity index is 0.000000377. The van der Waals surface area contributed by atoms with Crippen LogP contribution in [0.1, 0.15) is 36.2 Å². The first-order chi connectivity index (χ1) is 14.2. The van der Waals surface area contributed by atoms with Crippen molar-refractivity contribution in [1.82, 2.24) is 9.88 Å². The van der Waals surface area contributed by atoms with Crippen LogP contribution in [0, 0.1) is 5.82 Å². The van der Waals surface area contributed by atoms with E-state index < -0.39 is 29.3 Å². The van der Waals surface area contributed by atoms with Crippen molar-refractivity contribution in [3.8, 4) is 0 Å². The number of aliphatic hydroxyl groups is 1. The molecular weight excluding hydrogens is 397 g/mol. The number of aromatic nitrogens is 1. The van der Waals surface area contributed by atoms with Gasteiger partial charge in [-0.1, -0.05) is 0 Å². The average Bonchev–Trinajstić information content (AvgIpc) is 3.54. The molecule has 4 rings (SSSR count). The van der Waals surface area contributed by atoms with Gasteiger partial charge in [-0.05, 0) is 31.9 Å². The zero-order valence-corrected chi connectivity index (χ0v) is 16.5. The van der Waals surface area contributed by atoms with E-state index in [4.69, 9.17) is 10.2 Å². The largest absolute Gasteiger partial charge is 0.479 e. The number of pyridine rings is 1. The molecule has 2 heterocycles. The van der Waals surface area contributed by atoms with E-state index in [1.165, 1.54) is 19.2 Å². The van der Waals surface area contributed by atoms with E-state index in [9.17, 15) is 23.9 Å². The second kappa shape index (κ2) is 8.80. The molecule has 2 aromatic rings. The number of carbonyl (C=O) groups is 2. The van der Waals surface area contributed by atoms with E-state index in [0.717, 1.165) is 25.9 Å². The molecule has 1 unspecified atom stereocenters. The zero-order valence-electron chi connectivity index (χ0n) is 16.5. The van der Waals surface area contributed by atoms with Crippen LogP contribution in [0.4, 0.5) is 10.1 Å². The van der Waals surface area contributed by atoms with Gasteiger partial charge in [0, 0.05) is 43.8 Å². The molecule has 1 saturated carbocycles. The van der Waals surface area contributed by atoms with Gasteiger partial charge < -0.3 is 30.1 Å². The quantitative estimate of drug-likeness (QED) is 0.576. The molecule has 1 aliphatic carbocycles. The SMILES string of the molecule is CC(O)C(=O)O.O=C(O)c1cn(C2CC2)c2cc(N3CCNCC3)c(F)cc2c1=O. The number of halogens is 1. The Kier molecular flexibility index (Phi) is 6.37. The predicted molar refractivity (Wildman–Crippen MR) is 108 cm³/mol. The summed E-state index contributed by atoms with van der Waals surface area (Å²) >= 11 is 0. The second-order valence-corrected chi connectivity index (χ2v) is 7.39. The molecule has 1 atom stereocenters. The van der Waals surface area contributed by atoms with Crippen LogP contribution >= 0.6 is 0 Å². The molecule has 10 heteroatoms. The highest BCUT2D eigenvalue weighted by Gasteiger charge is 2.28. The molecule has 0 spiro atoms. The fourth-order valence-corrected chi connectivity index (χ4v) is 3.31. The first-order valence-corrected chi connectivity index (χ1v) is 9.69. The van der Waals surface area contributed by atoms with Gasteiger partial charge >= 0.3 is 11.9 Å². The lowest BCUT2D eigenvalue weighted by atomic mass is 10.1. The van der Waals surface area contributed by atoms with Crippen LogP contribution < -0.4 is 15.6 Å².